The molecule has 0 spiro atoms. The zero-order valence-electron chi connectivity index (χ0n) is 13.8. The van der Waals surface area contributed by atoms with Crippen molar-refractivity contribution in [1.82, 2.24) is 15.1 Å². The fraction of sp³-hybridized carbons (Fsp3) is 0.529. The van der Waals surface area contributed by atoms with Gasteiger partial charge in [-0.15, -0.1) is 12.4 Å². The molecule has 0 radical (unpaired) electrons. The van der Waals surface area contributed by atoms with E-state index in [1.807, 2.05) is 54.1 Å². The molecular weight excluding hydrogens is 314 g/mol. The highest BCUT2D eigenvalue weighted by molar-refractivity contribution is 5.94. The van der Waals surface area contributed by atoms with Gasteiger partial charge in [-0.05, 0) is 25.6 Å². The molecule has 6 heteroatoms. The first-order chi connectivity index (χ1) is 10.6. The summed E-state index contributed by atoms with van der Waals surface area (Å²) in [4.78, 5) is 28.6. The Morgan fingerprint density at radius 3 is 2.35 bits per heavy atom. The summed E-state index contributed by atoms with van der Waals surface area (Å²) in [7, 11) is 1.85. The van der Waals surface area contributed by atoms with Crippen LogP contribution >= 0.6 is 12.4 Å². The van der Waals surface area contributed by atoms with Crippen LogP contribution in [0.5, 0.6) is 0 Å². The van der Waals surface area contributed by atoms with Gasteiger partial charge in [-0.3, -0.25) is 9.59 Å². The van der Waals surface area contributed by atoms with E-state index in [0.29, 0.717) is 31.7 Å². The molecule has 1 saturated heterocycles. The van der Waals surface area contributed by atoms with Gasteiger partial charge in [0, 0.05) is 44.2 Å². The third kappa shape index (κ3) is 5.22. The van der Waals surface area contributed by atoms with Crippen LogP contribution in [0.2, 0.25) is 0 Å². The second kappa shape index (κ2) is 9.53. The van der Waals surface area contributed by atoms with Gasteiger partial charge in [-0.1, -0.05) is 25.1 Å². The van der Waals surface area contributed by atoms with Gasteiger partial charge in [0.15, 0.2) is 0 Å². The molecule has 0 saturated carbocycles. The average Bonchev–Trinajstić information content (AvgIpc) is 2.80. The Hall–Kier alpha value is -1.59. The van der Waals surface area contributed by atoms with Crippen molar-refractivity contribution >= 4 is 24.2 Å². The summed E-state index contributed by atoms with van der Waals surface area (Å²) in [5.74, 6) is 0.197. The molecule has 0 bridgehead atoms. The molecule has 1 fully saturated rings. The lowest BCUT2D eigenvalue weighted by atomic mass is 10.1. The summed E-state index contributed by atoms with van der Waals surface area (Å²) in [6.07, 6.45) is 0.830. The summed E-state index contributed by atoms with van der Waals surface area (Å²) in [5.41, 5.74) is 0.714. The van der Waals surface area contributed by atoms with Crippen molar-refractivity contribution in [3.8, 4) is 0 Å². The van der Waals surface area contributed by atoms with Crippen LogP contribution in [0.15, 0.2) is 30.3 Å². The highest BCUT2D eigenvalue weighted by Crippen LogP contribution is 2.11. The maximum atomic E-state index is 12.5. The first-order valence-corrected chi connectivity index (χ1v) is 7.91. The number of halogens is 1. The summed E-state index contributed by atoms with van der Waals surface area (Å²) in [6, 6.07) is 9.33. The number of hydrogen-bond donors (Lipinski definition) is 1. The number of rotatable bonds is 4. The molecule has 0 aliphatic carbocycles. The fourth-order valence-electron chi connectivity index (χ4n) is 2.81. The van der Waals surface area contributed by atoms with E-state index >= 15 is 0 Å². The van der Waals surface area contributed by atoms with Crippen LogP contribution in [0, 0.1) is 5.92 Å². The smallest absolute Gasteiger partial charge is 0.253 e. The molecule has 1 aliphatic heterocycles. The van der Waals surface area contributed by atoms with Crippen molar-refractivity contribution in [3.05, 3.63) is 35.9 Å². The first-order valence-electron chi connectivity index (χ1n) is 7.91. The van der Waals surface area contributed by atoms with Gasteiger partial charge >= 0.3 is 0 Å². The van der Waals surface area contributed by atoms with E-state index in [2.05, 4.69) is 5.32 Å². The van der Waals surface area contributed by atoms with Crippen molar-refractivity contribution in [2.75, 3.05) is 39.8 Å². The highest BCUT2D eigenvalue weighted by atomic mass is 35.5. The molecule has 23 heavy (non-hydrogen) atoms. The molecule has 1 unspecified atom stereocenters. The van der Waals surface area contributed by atoms with Gasteiger partial charge in [0.25, 0.3) is 5.91 Å². The molecule has 0 aromatic heterocycles. The maximum absolute atomic E-state index is 12.5. The predicted octanol–water partition coefficient (Wildman–Crippen LogP) is 1.64. The maximum Gasteiger partial charge on any atom is 0.253 e. The molecule has 1 N–H and O–H groups in total. The number of carbonyl (C=O) groups is 2. The molecule has 1 aromatic rings. The van der Waals surface area contributed by atoms with E-state index in [0.717, 1.165) is 13.0 Å². The number of hydrogen-bond acceptors (Lipinski definition) is 3. The number of carbonyl (C=O) groups excluding carboxylic acids is 2. The zero-order chi connectivity index (χ0) is 15.9. The molecule has 2 rings (SSSR count). The minimum Gasteiger partial charge on any atom is -0.341 e. The topological polar surface area (TPSA) is 52.7 Å². The van der Waals surface area contributed by atoms with Gasteiger partial charge in [0.05, 0.1) is 0 Å². The third-order valence-corrected chi connectivity index (χ3v) is 4.05. The molecule has 1 aliphatic rings. The van der Waals surface area contributed by atoms with Gasteiger partial charge in [-0.25, -0.2) is 0 Å². The lowest BCUT2D eigenvalue weighted by Crippen LogP contribution is -2.41. The van der Waals surface area contributed by atoms with Crippen molar-refractivity contribution in [2.45, 2.75) is 13.3 Å². The van der Waals surface area contributed by atoms with E-state index in [-0.39, 0.29) is 30.1 Å². The number of nitrogens with zero attached hydrogens (tertiary/aromatic N) is 2. The zero-order valence-corrected chi connectivity index (χ0v) is 14.6. The van der Waals surface area contributed by atoms with Crippen LogP contribution in [0.3, 0.4) is 0 Å². The van der Waals surface area contributed by atoms with E-state index in [1.165, 1.54) is 0 Å². The highest BCUT2D eigenvalue weighted by Gasteiger charge is 2.25. The molecule has 1 aromatic carbocycles. The average molecular weight is 340 g/mol. The Morgan fingerprint density at radius 2 is 1.70 bits per heavy atom. The first kappa shape index (κ1) is 19.5. The number of benzene rings is 1. The van der Waals surface area contributed by atoms with Crippen molar-refractivity contribution in [3.63, 3.8) is 0 Å². The van der Waals surface area contributed by atoms with E-state index in [4.69, 9.17) is 0 Å². The standard InChI is InChI=1S/C17H25N3O2.ClH/c1-14(13-18-2)16(21)19-9-6-10-20(12-11-19)17(22)15-7-4-3-5-8-15;/h3-5,7-8,14,18H,6,9-13H2,1-2H3;1H. The fourth-order valence-corrected chi connectivity index (χ4v) is 2.81. The molecule has 2 amide bonds. The van der Waals surface area contributed by atoms with Crippen LogP contribution < -0.4 is 5.32 Å². The molecule has 128 valence electrons. The third-order valence-electron chi connectivity index (χ3n) is 4.05. The molecular formula is C17H26ClN3O2. The van der Waals surface area contributed by atoms with Crippen LogP contribution in [-0.4, -0.2) is 61.4 Å². The van der Waals surface area contributed by atoms with Crippen LogP contribution in [0.25, 0.3) is 0 Å². The minimum atomic E-state index is -0.0265. The predicted molar refractivity (Wildman–Crippen MR) is 93.9 cm³/mol. The summed E-state index contributed by atoms with van der Waals surface area (Å²) in [6.45, 7) is 5.28. The van der Waals surface area contributed by atoms with Gasteiger partial charge in [0.1, 0.15) is 0 Å². The Kier molecular flexibility index (Phi) is 8.06. The minimum absolute atomic E-state index is 0. The lowest BCUT2D eigenvalue weighted by Gasteiger charge is -2.24. The largest absolute Gasteiger partial charge is 0.341 e. The monoisotopic (exact) mass is 339 g/mol. The Balaban J connectivity index is 0.00000264. The lowest BCUT2D eigenvalue weighted by molar-refractivity contribution is -0.134. The number of nitrogens with one attached hydrogen (secondary N) is 1. The van der Waals surface area contributed by atoms with Crippen LogP contribution in [0.1, 0.15) is 23.7 Å². The van der Waals surface area contributed by atoms with E-state index < -0.39 is 0 Å². The van der Waals surface area contributed by atoms with Crippen LogP contribution in [-0.2, 0) is 4.79 Å². The van der Waals surface area contributed by atoms with E-state index in [1.54, 1.807) is 0 Å². The quantitative estimate of drug-likeness (QED) is 0.907. The summed E-state index contributed by atoms with van der Waals surface area (Å²) < 4.78 is 0. The SMILES string of the molecule is CNCC(C)C(=O)N1CCCN(C(=O)c2ccccc2)CC1.Cl. The van der Waals surface area contributed by atoms with E-state index in [9.17, 15) is 9.59 Å². The van der Waals surface area contributed by atoms with Gasteiger partial charge < -0.3 is 15.1 Å². The van der Waals surface area contributed by atoms with Gasteiger partial charge in [-0.2, -0.15) is 0 Å². The molecule has 1 atom stereocenters. The second-order valence-corrected chi connectivity index (χ2v) is 5.80. The normalized spacial score (nSPS) is 16.3. The van der Waals surface area contributed by atoms with Gasteiger partial charge in [0.2, 0.25) is 5.91 Å². The van der Waals surface area contributed by atoms with Crippen molar-refractivity contribution in [1.29, 1.82) is 0 Å². The molecule has 5 nitrogen and oxygen atoms in total. The summed E-state index contributed by atoms with van der Waals surface area (Å²) >= 11 is 0. The van der Waals surface area contributed by atoms with Crippen molar-refractivity contribution in [2.24, 2.45) is 5.92 Å². The van der Waals surface area contributed by atoms with Crippen LogP contribution in [0.4, 0.5) is 0 Å². The number of amides is 2. The van der Waals surface area contributed by atoms with Crippen molar-refractivity contribution < 1.29 is 9.59 Å². The Labute approximate surface area is 144 Å². The Bertz CT molecular complexity index is 510. The Morgan fingerprint density at radius 1 is 1.09 bits per heavy atom. The molecule has 1 heterocycles. The summed E-state index contributed by atoms with van der Waals surface area (Å²) in [5, 5.41) is 3.04. The second-order valence-electron chi connectivity index (χ2n) is 5.80.